The Hall–Kier alpha value is -1.84. The van der Waals surface area contributed by atoms with Gasteiger partial charge in [-0.05, 0) is 42.7 Å². The van der Waals surface area contributed by atoms with Gasteiger partial charge in [0, 0.05) is 6.42 Å². The average molecular weight is 347 g/mol. The molecule has 0 aliphatic heterocycles. The lowest BCUT2D eigenvalue weighted by molar-refractivity contribution is -0.121. The Morgan fingerprint density at radius 3 is 2.28 bits per heavy atom. The van der Waals surface area contributed by atoms with Crippen LogP contribution < -0.4 is 10.2 Å². The Bertz CT molecular complexity index is 483. The maximum Gasteiger partial charge on any atom is 0.240 e. The number of unbranched alkanes of at least 4 members (excludes halogenated alkanes) is 7. The summed E-state index contributed by atoms with van der Waals surface area (Å²) in [6.45, 7) is 5.12. The van der Waals surface area contributed by atoms with Crippen molar-refractivity contribution in [2.75, 3.05) is 6.61 Å². The number of nitrogens with one attached hydrogen (secondary N) is 1. The van der Waals surface area contributed by atoms with Crippen molar-refractivity contribution >= 4 is 12.1 Å². The summed E-state index contributed by atoms with van der Waals surface area (Å²) in [7, 11) is 0. The van der Waals surface area contributed by atoms with Crippen molar-refractivity contribution in [3.05, 3.63) is 29.8 Å². The van der Waals surface area contributed by atoms with Crippen molar-refractivity contribution in [2.24, 2.45) is 5.10 Å². The van der Waals surface area contributed by atoms with Crippen LogP contribution in [-0.4, -0.2) is 18.7 Å². The third-order valence-electron chi connectivity index (χ3n) is 4.06. The largest absolute Gasteiger partial charge is 0.494 e. The van der Waals surface area contributed by atoms with Gasteiger partial charge in [-0.1, -0.05) is 58.8 Å². The molecule has 4 heteroatoms. The lowest BCUT2D eigenvalue weighted by atomic mass is 10.1. The molecule has 0 bridgehead atoms. The summed E-state index contributed by atoms with van der Waals surface area (Å²) < 4.78 is 5.62. The second-order valence-corrected chi connectivity index (χ2v) is 6.44. The summed E-state index contributed by atoms with van der Waals surface area (Å²) >= 11 is 0. The van der Waals surface area contributed by atoms with Gasteiger partial charge in [0.05, 0.1) is 12.8 Å². The average Bonchev–Trinajstić information content (AvgIpc) is 2.62. The van der Waals surface area contributed by atoms with Gasteiger partial charge >= 0.3 is 0 Å². The van der Waals surface area contributed by atoms with Crippen molar-refractivity contribution in [1.82, 2.24) is 5.43 Å². The van der Waals surface area contributed by atoms with Gasteiger partial charge in [0.1, 0.15) is 5.75 Å². The van der Waals surface area contributed by atoms with E-state index in [1.165, 1.54) is 32.1 Å². The van der Waals surface area contributed by atoms with Gasteiger partial charge in [0.25, 0.3) is 0 Å². The van der Waals surface area contributed by atoms with Crippen molar-refractivity contribution < 1.29 is 9.53 Å². The predicted molar refractivity (Wildman–Crippen MR) is 105 cm³/mol. The minimum atomic E-state index is -0.00988. The lowest BCUT2D eigenvalue weighted by Crippen LogP contribution is -2.16. The van der Waals surface area contributed by atoms with E-state index >= 15 is 0 Å². The van der Waals surface area contributed by atoms with E-state index in [2.05, 4.69) is 24.4 Å². The zero-order valence-electron chi connectivity index (χ0n) is 15.9. The fourth-order valence-corrected chi connectivity index (χ4v) is 2.46. The number of rotatable bonds is 14. The molecule has 1 N–H and O–H groups in total. The molecular weight excluding hydrogens is 312 g/mol. The van der Waals surface area contributed by atoms with E-state index in [9.17, 15) is 4.79 Å². The van der Waals surface area contributed by atoms with Crippen LogP contribution in [0.25, 0.3) is 0 Å². The van der Waals surface area contributed by atoms with Crippen LogP contribution >= 0.6 is 0 Å². The smallest absolute Gasteiger partial charge is 0.240 e. The summed E-state index contributed by atoms with van der Waals surface area (Å²) in [5.74, 6) is 0.859. The molecule has 0 aliphatic carbocycles. The molecule has 1 aromatic carbocycles. The highest BCUT2D eigenvalue weighted by Gasteiger charge is 1.99. The minimum Gasteiger partial charge on any atom is -0.494 e. The first kappa shape index (κ1) is 21.2. The summed E-state index contributed by atoms with van der Waals surface area (Å²) in [6.07, 6.45) is 12.9. The SMILES string of the molecule is CCCCCCCCCC(=O)N/N=C\c1ccc(OCCCC)cc1. The number of hydrogen-bond acceptors (Lipinski definition) is 3. The van der Waals surface area contributed by atoms with E-state index < -0.39 is 0 Å². The topological polar surface area (TPSA) is 50.7 Å². The van der Waals surface area contributed by atoms with E-state index in [0.717, 1.165) is 43.6 Å². The standard InChI is InChI=1S/C21H34N2O2/c1-3-5-7-8-9-10-11-12-21(24)23-22-18-19-13-15-20(16-14-19)25-17-6-4-2/h13-16,18H,3-12,17H2,1-2H3,(H,23,24)/b22-18-. The maximum absolute atomic E-state index is 11.7. The molecule has 0 aromatic heterocycles. The first-order chi connectivity index (χ1) is 12.3. The van der Waals surface area contributed by atoms with Crippen molar-refractivity contribution in [3.63, 3.8) is 0 Å². The third-order valence-corrected chi connectivity index (χ3v) is 4.06. The van der Waals surface area contributed by atoms with Gasteiger partial charge < -0.3 is 4.74 Å². The van der Waals surface area contributed by atoms with E-state index in [-0.39, 0.29) is 5.91 Å². The number of carbonyl (C=O) groups excluding carboxylic acids is 1. The molecule has 25 heavy (non-hydrogen) atoms. The first-order valence-corrected chi connectivity index (χ1v) is 9.81. The highest BCUT2D eigenvalue weighted by atomic mass is 16.5. The molecule has 0 heterocycles. The Kier molecular flexibility index (Phi) is 12.3. The van der Waals surface area contributed by atoms with E-state index in [0.29, 0.717) is 6.42 Å². The highest BCUT2D eigenvalue weighted by molar-refractivity contribution is 5.82. The van der Waals surface area contributed by atoms with Crippen LogP contribution in [-0.2, 0) is 4.79 Å². The Balaban J connectivity index is 2.14. The third kappa shape index (κ3) is 11.4. The number of nitrogens with zero attached hydrogens (tertiary/aromatic N) is 1. The Morgan fingerprint density at radius 1 is 0.960 bits per heavy atom. The summed E-state index contributed by atoms with van der Waals surface area (Å²) in [6, 6.07) is 7.73. The number of hydrazone groups is 1. The van der Waals surface area contributed by atoms with Gasteiger partial charge in [-0.2, -0.15) is 5.10 Å². The zero-order chi connectivity index (χ0) is 18.2. The molecule has 0 fully saturated rings. The molecule has 0 spiro atoms. The number of ether oxygens (including phenoxy) is 1. The van der Waals surface area contributed by atoms with E-state index in [4.69, 9.17) is 4.74 Å². The molecular formula is C21H34N2O2. The fourth-order valence-electron chi connectivity index (χ4n) is 2.46. The molecule has 0 saturated heterocycles. The fraction of sp³-hybridized carbons (Fsp3) is 0.619. The van der Waals surface area contributed by atoms with Gasteiger partial charge in [0.2, 0.25) is 5.91 Å². The van der Waals surface area contributed by atoms with Crippen molar-refractivity contribution in [1.29, 1.82) is 0 Å². The zero-order valence-corrected chi connectivity index (χ0v) is 15.9. The van der Waals surface area contributed by atoms with Crippen LogP contribution in [0.2, 0.25) is 0 Å². The molecule has 140 valence electrons. The number of hydrogen-bond donors (Lipinski definition) is 1. The molecule has 1 amide bonds. The normalized spacial score (nSPS) is 11.0. The number of amides is 1. The summed E-state index contributed by atoms with van der Waals surface area (Å²) in [4.78, 5) is 11.7. The molecule has 1 rings (SSSR count). The highest BCUT2D eigenvalue weighted by Crippen LogP contribution is 2.11. The Labute approximate surface area is 153 Å². The monoisotopic (exact) mass is 346 g/mol. The van der Waals surface area contributed by atoms with Gasteiger partial charge in [-0.3, -0.25) is 4.79 Å². The predicted octanol–water partition coefficient (Wildman–Crippen LogP) is 5.46. The maximum atomic E-state index is 11.7. The van der Waals surface area contributed by atoms with E-state index in [1.807, 2.05) is 24.3 Å². The van der Waals surface area contributed by atoms with E-state index in [1.54, 1.807) is 6.21 Å². The van der Waals surface area contributed by atoms with Crippen LogP contribution in [0.5, 0.6) is 5.75 Å². The first-order valence-electron chi connectivity index (χ1n) is 9.81. The summed E-state index contributed by atoms with van der Waals surface area (Å²) in [5, 5.41) is 4.02. The van der Waals surface area contributed by atoms with Crippen molar-refractivity contribution in [2.45, 2.75) is 78.1 Å². The van der Waals surface area contributed by atoms with Crippen LogP contribution in [0.4, 0.5) is 0 Å². The van der Waals surface area contributed by atoms with Crippen LogP contribution in [0, 0.1) is 0 Å². The number of carbonyl (C=O) groups is 1. The summed E-state index contributed by atoms with van der Waals surface area (Å²) in [5.41, 5.74) is 3.54. The lowest BCUT2D eigenvalue weighted by Gasteiger charge is -2.05. The van der Waals surface area contributed by atoms with Gasteiger partial charge in [-0.25, -0.2) is 5.43 Å². The van der Waals surface area contributed by atoms with Crippen LogP contribution in [0.15, 0.2) is 29.4 Å². The molecule has 4 nitrogen and oxygen atoms in total. The van der Waals surface area contributed by atoms with Gasteiger partial charge in [0.15, 0.2) is 0 Å². The minimum absolute atomic E-state index is 0.00988. The Morgan fingerprint density at radius 2 is 1.60 bits per heavy atom. The molecule has 0 atom stereocenters. The number of benzene rings is 1. The van der Waals surface area contributed by atoms with Crippen LogP contribution in [0.3, 0.4) is 0 Å². The molecule has 0 unspecified atom stereocenters. The second kappa shape index (κ2) is 14.5. The molecule has 1 aromatic rings. The van der Waals surface area contributed by atoms with Gasteiger partial charge in [-0.15, -0.1) is 0 Å². The second-order valence-electron chi connectivity index (χ2n) is 6.44. The van der Waals surface area contributed by atoms with Crippen molar-refractivity contribution in [3.8, 4) is 5.75 Å². The quantitative estimate of drug-likeness (QED) is 0.276. The molecule has 0 aliphatic rings. The van der Waals surface area contributed by atoms with Crippen LogP contribution in [0.1, 0.15) is 83.6 Å². The molecule has 0 radical (unpaired) electrons. The molecule has 0 saturated carbocycles.